The maximum atomic E-state index is 12.6. The molecular formula is C14H24N2O2S2. The third kappa shape index (κ3) is 3.61. The minimum atomic E-state index is -3.27. The van der Waals surface area contributed by atoms with Gasteiger partial charge in [0.2, 0.25) is 0 Å². The van der Waals surface area contributed by atoms with Crippen molar-refractivity contribution in [2.24, 2.45) is 5.92 Å². The fourth-order valence-electron chi connectivity index (χ4n) is 2.47. The second kappa shape index (κ2) is 7.02. The zero-order valence-corrected chi connectivity index (χ0v) is 13.9. The molecule has 20 heavy (non-hydrogen) atoms. The van der Waals surface area contributed by atoms with Crippen LogP contribution in [0, 0.1) is 5.92 Å². The molecule has 1 atom stereocenters. The highest BCUT2D eigenvalue weighted by Gasteiger charge is 2.32. The summed E-state index contributed by atoms with van der Waals surface area (Å²) < 4.78 is 27.2. The fraction of sp³-hybridized carbons (Fsp3) is 0.714. The maximum Gasteiger partial charge on any atom is 0.252 e. The molecular weight excluding hydrogens is 292 g/mol. The lowest BCUT2D eigenvalue weighted by atomic mass is 10.1. The smallest absolute Gasteiger partial charge is 0.252 e. The Bertz CT molecular complexity index is 525. The number of rotatable bonds is 7. The van der Waals surface area contributed by atoms with Crippen molar-refractivity contribution in [1.82, 2.24) is 9.62 Å². The van der Waals surface area contributed by atoms with Crippen LogP contribution >= 0.6 is 11.3 Å². The zero-order valence-electron chi connectivity index (χ0n) is 12.3. The monoisotopic (exact) mass is 316 g/mol. The third-order valence-electron chi connectivity index (χ3n) is 3.81. The van der Waals surface area contributed by atoms with Crippen LogP contribution < -0.4 is 5.32 Å². The van der Waals surface area contributed by atoms with Gasteiger partial charge in [-0.25, -0.2) is 8.42 Å². The normalized spacial score (nSPS) is 20.6. The Labute approximate surface area is 126 Å². The number of hydrogen-bond donors (Lipinski definition) is 1. The van der Waals surface area contributed by atoms with Crippen molar-refractivity contribution in [2.75, 3.05) is 19.6 Å². The SMILES string of the molecule is CCCNCc1csc(S(=O)(=O)N2CCC(CC)C2)c1. The van der Waals surface area contributed by atoms with E-state index in [4.69, 9.17) is 0 Å². The molecule has 0 radical (unpaired) electrons. The summed E-state index contributed by atoms with van der Waals surface area (Å²) in [6, 6.07) is 1.82. The van der Waals surface area contributed by atoms with Gasteiger partial charge < -0.3 is 5.32 Å². The number of thiophene rings is 1. The van der Waals surface area contributed by atoms with E-state index in [1.165, 1.54) is 11.3 Å². The maximum absolute atomic E-state index is 12.6. The number of sulfonamides is 1. The molecule has 2 rings (SSSR count). The zero-order chi connectivity index (χ0) is 14.6. The summed E-state index contributed by atoms with van der Waals surface area (Å²) in [5.74, 6) is 0.524. The molecule has 0 aromatic carbocycles. The average molecular weight is 316 g/mol. The van der Waals surface area contributed by atoms with Crippen molar-refractivity contribution in [1.29, 1.82) is 0 Å². The lowest BCUT2D eigenvalue weighted by molar-refractivity contribution is 0.454. The molecule has 1 aromatic rings. The molecule has 114 valence electrons. The van der Waals surface area contributed by atoms with Gasteiger partial charge in [0.25, 0.3) is 10.0 Å². The first-order valence-electron chi connectivity index (χ1n) is 7.36. The van der Waals surface area contributed by atoms with Crippen LogP contribution in [0.25, 0.3) is 0 Å². The van der Waals surface area contributed by atoms with Crippen molar-refractivity contribution in [2.45, 2.75) is 43.9 Å². The summed E-state index contributed by atoms with van der Waals surface area (Å²) in [5.41, 5.74) is 1.06. The molecule has 1 fully saturated rings. The predicted molar refractivity (Wildman–Crippen MR) is 83.5 cm³/mol. The second-order valence-corrected chi connectivity index (χ2v) is 8.45. The van der Waals surface area contributed by atoms with Crippen LogP contribution in [0.1, 0.15) is 38.7 Å². The van der Waals surface area contributed by atoms with E-state index in [2.05, 4.69) is 19.2 Å². The Kier molecular flexibility index (Phi) is 5.60. The molecule has 1 aromatic heterocycles. The molecule has 1 saturated heterocycles. The van der Waals surface area contributed by atoms with Gasteiger partial charge in [-0.3, -0.25) is 0 Å². The van der Waals surface area contributed by atoms with Crippen molar-refractivity contribution >= 4 is 21.4 Å². The molecule has 0 saturated carbocycles. The molecule has 1 aliphatic heterocycles. The van der Waals surface area contributed by atoms with Gasteiger partial charge >= 0.3 is 0 Å². The van der Waals surface area contributed by atoms with E-state index in [0.717, 1.165) is 37.9 Å². The number of nitrogens with zero attached hydrogens (tertiary/aromatic N) is 1. The molecule has 6 heteroatoms. The summed E-state index contributed by atoms with van der Waals surface area (Å²) in [7, 11) is -3.27. The van der Waals surface area contributed by atoms with Crippen molar-refractivity contribution in [3.63, 3.8) is 0 Å². The minimum absolute atomic E-state index is 0.488. The number of nitrogens with one attached hydrogen (secondary N) is 1. The molecule has 4 nitrogen and oxygen atoms in total. The van der Waals surface area contributed by atoms with Crippen molar-refractivity contribution in [3.05, 3.63) is 17.0 Å². The topological polar surface area (TPSA) is 49.4 Å². The van der Waals surface area contributed by atoms with Crippen LogP contribution in [0.15, 0.2) is 15.7 Å². The standard InChI is InChI=1S/C14H24N2O2S2/c1-3-6-15-9-13-8-14(19-11-13)20(17,18)16-7-5-12(4-2)10-16/h8,11-12,15H,3-7,9-10H2,1-2H3. The molecule has 0 amide bonds. The van der Waals surface area contributed by atoms with E-state index in [0.29, 0.717) is 23.2 Å². The van der Waals surface area contributed by atoms with Crippen LogP contribution in [0.2, 0.25) is 0 Å². The van der Waals surface area contributed by atoms with E-state index in [9.17, 15) is 8.42 Å². The van der Waals surface area contributed by atoms with E-state index in [1.807, 2.05) is 11.4 Å². The molecule has 1 unspecified atom stereocenters. The number of hydrogen-bond acceptors (Lipinski definition) is 4. The molecule has 1 aliphatic rings. The van der Waals surface area contributed by atoms with Gasteiger partial charge in [0.15, 0.2) is 0 Å². The van der Waals surface area contributed by atoms with Gasteiger partial charge in [-0.15, -0.1) is 11.3 Å². The molecule has 1 N–H and O–H groups in total. The Morgan fingerprint density at radius 3 is 2.90 bits per heavy atom. The summed E-state index contributed by atoms with van der Waals surface area (Å²) in [6.07, 6.45) is 3.14. The Balaban J connectivity index is 2.03. The first-order chi connectivity index (χ1) is 9.57. The van der Waals surface area contributed by atoms with Crippen LogP contribution in [-0.4, -0.2) is 32.4 Å². The van der Waals surface area contributed by atoms with Crippen molar-refractivity contribution in [3.8, 4) is 0 Å². The van der Waals surface area contributed by atoms with E-state index in [1.54, 1.807) is 4.31 Å². The molecule has 0 aliphatic carbocycles. The highest BCUT2D eigenvalue weighted by molar-refractivity contribution is 7.91. The van der Waals surface area contributed by atoms with E-state index < -0.39 is 10.0 Å². The molecule has 2 heterocycles. The van der Waals surface area contributed by atoms with Gasteiger partial charge in [0, 0.05) is 19.6 Å². The summed E-state index contributed by atoms with van der Waals surface area (Å²) >= 11 is 1.34. The predicted octanol–water partition coefficient (Wildman–Crippen LogP) is 2.67. The van der Waals surface area contributed by atoms with Crippen molar-refractivity contribution < 1.29 is 8.42 Å². The highest BCUT2D eigenvalue weighted by atomic mass is 32.2. The van der Waals surface area contributed by atoms with Crippen LogP contribution in [0.4, 0.5) is 0 Å². The Morgan fingerprint density at radius 2 is 2.25 bits per heavy atom. The van der Waals surface area contributed by atoms with E-state index >= 15 is 0 Å². The third-order valence-corrected chi connectivity index (χ3v) is 7.13. The summed E-state index contributed by atoms with van der Waals surface area (Å²) in [6.45, 7) is 7.31. The van der Waals surface area contributed by atoms with Gasteiger partial charge in [-0.2, -0.15) is 4.31 Å². The first-order valence-corrected chi connectivity index (χ1v) is 9.68. The first kappa shape index (κ1) is 15.9. The Hall–Kier alpha value is -0.430. The van der Waals surface area contributed by atoms with E-state index in [-0.39, 0.29) is 0 Å². The highest BCUT2D eigenvalue weighted by Crippen LogP contribution is 2.29. The minimum Gasteiger partial charge on any atom is -0.313 e. The Morgan fingerprint density at radius 1 is 1.45 bits per heavy atom. The van der Waals surface area contributed by atoms with Crippen LogP contribution in [0.3, 0.4) is 0 Å². The quantitative estimate of drug-likeness (QED) is 0.787. The van der Waals surface area contributed by atoms with Gasteiger partial charge in [-0.1, -0.05) is 20.3 Å². The summed E-state index contributed by atoms with van der Waals surface area (Å²) in [4.78, 5) is 0. The molecule has 0 spiro atoms. The van der Waals surface area contributed by atoms with Gasteiger partial charge in [-0.05, 0) is 42.3 Å². The van der Waals surface area contributed by atoms with Crippen LogP contribution in [0.5, 0.6) is 0 Å². The largest absolute Gasteiger partial charge is 0.313 e. The summed E-state index contributed by atoms with van der Waals surface area (Å²) in [5, 5.41) is 5.25. The molecule has 0 bridgehead atoms. The lowest BCUT2D eigenvalue weighted by Gasteiger charge is -2.14. The second-order valence-electron chi connectivity index (χ2n) is 5.38. The van der Waals surface area contributed by atoms with Gasteiger partial charge in [0.1, 0.15) is 4.21 Å². The van der Waals surface area contributed by atoms with Crippen LogP contribution in [-0.2, 0) is 16.6 Å². The lowest BCUT2D eigenvalue weighted by Crippen LogP contribution is -2.28. The van der Waals surface area contributed by atoms with Gasteiger partial charge in [0.05, 0.1) is 0 Å². The average Bonchev–Trinajstić information content (AvgIpc) is 3.08. The fourth-order valence-corrected chi connectivity index (χ4v) is 5.36.